The fourth-order valence-electron chi connectivity index (χ4n) is 5.85. The predicted octanol–water partition coefficient (Wildman–Crippen LogP) is 3.72. The van der Waals surface area contributed by atoms with E-state index >= 15 is 0 Å². The van der Waals surface area contributed by atoms with Gasteiger partial charge in [0, 0.05) is 44.2 Å². The maximum Gasteiger partial charge on any atom is 0.294 e. The summed E-state index contributed by atoms with van der Waals surface area (Å²) < 4.78 is 11.2. The number of aromatic nitrogens is 2. The van der Waals surface area contributed by atoms with Crippen LogP contribution in [0.25, 0.3) is 11.1 Å². The molecule has 0 aromatic carbocycles. The second-order valence-corrected chi connectivity index (χ2v) is 11.2. The number of halogens is 1. The molecule has 12 nitrogen and oxygen atoms in total. The van der Waals surface area contributed by atoms with Gasteiger partial charge in [-0.25, -0.2) is 9.97 Å². The lowest BCUT2D eigenvalue weighted by molar-refractivity contribution is -0.130. The van der Waals surface area contributed by atoms with Gasteiger partial charge in [0.1, 0.15) is 22.7 Å². The molecule has 4 amide bonds. The molecule has 3 fully saturated rings. The van der Waals surface area contributed by atoms with Crippen molar-refractivity contribution in [1.82, 2.24) is 19.8 Å². The first-order valence-electron chi connectivity index (χ1n) is 14.2. The van der Waals surface area contributed by atoms with Crippen LogP contribution in [0.2, 0.25) is 5.02 Å². The number of carbonyl (C=O) groups excluding carboxylic acids is 4. The minimum absolute atomic E-state index is 0.0925. The molecule has 1 aliphatic carbocycles. The molecule has 13 heteroatoms. The molecule has 42 heavy (non-hydrogen) atoms. The van der Waals surface area contributed by atoms with Crippen molar-refractivity contribution < 1.29 is 28.3 Å². The lowest BCUT2D eigenvalue weighted by Crippen LogP contribution is -2.41. The third kappa shape index (κ3) is 5.82. The SMILES string of the molecule is O=C(Nc1ccc(Cl)cn1)c1oc2ccc(C(=O)N3CCOCC3)nc2c1NC(=O)C1CCC(N2CCCC2=O)CC1. The molecule has 2 aliphatic heterocycles. The van der Waals surface area contributed by atoms with E-state index in [-0.39, 0.29) is 63.7 Å². The van der Waals surface area contributed by atoms with E-state index in [9.17, 15) is 19.2 Å². The number of hydrogen-bond donors (Lipinski definition) is 2. The van der Waals surface area contributed by atoms with Gasteiger partial charge in [-0.15, -0.1) is 0 Å². The summed E-state index contributed by atoms with van der Waals surface area (Å²) in [4.78, 5) is 64.5. The molecule has 6 rings (SSSR count). The topological polar surface area (TPSA) is 147 Å². The Labute approximate surface area is 246 Å². The van der Waals surface area contributed by atoms with Gasteiger partial charge in [-0.1, -0.05) is 11.6 Å². The quantitative estimate of drug-likeness (QED) is 0.439. The van der Waals surface area contributed by atoms with Crippen LogP contribution in [0.4, 0.5) is 11.5 Å². The van der Waals surface area contributed by atoms with Gasteiger partial charge in [-0.3, -0.25) is 19.2 Å². The molecule has 0 spiro atoms. The van der Waals surface area contributed by atoms with E-state index in [0.717, 1.165) is 25.8 Å². The highest BCUT2D eigenvalue weighted by molar-refractivity contribution is 6.30. The highest BCUT2D eigenvalue weighted by Gasteiger charge is 2.35. The average molecular weight is 595 g/mol. The van der Waals surface area contributed by atoms with Crippen molar-refractivity contribution in [3.05, 3.63) is 46.9 Å². The van der Waals surface area contributed by atoms with Crippen molar-refractivity contribution >= 4 is 57.8 Å². The maximum absolute atomic E-state index is 13.5. The number of carbonyl (C=O) groups is 4. The number of anilines is 2. The van der Waals surface area contributed by atoms with Crippen LogP contribution < -0.4 is 10.6 Å². The van der Waals surface area contributed by atoms with E-state index in [1.54, 1.807) is 29.2 Å². The number of rotatable bonds is 6. The predicted molar refractivity (Wildman–Crippen MR) is 153 cm³/mol. The average Bonchev–Trinajstić information content (AvgIpc) is 3.61. The number of hydrogen-bond acceptors (Lipinski definition) is 8. The van der Waals surface area contributed by atoms with Gasteiger partial charge >= 0.3 is 0 Å². The summed E-state index contributed by atoms with van der Waals surface area (Å²) in [7, 11) is 0. The molecule has 3 aliphatic rings. The number of furan rings is 1. The molecule has 0 atom stereocenters. The number of amides is 4. The summed E-state index contributed by atoms with van der Waals surface area (Å²) in [5, 5.41) is 5.97. The summed E-state index contributed by atoms with van der Waals surface area (Å²) in [5.41, 5.74) is 0.708. The maximum atomic E-state index is 13.5. The lowest BCUT2D eigenvalue weighted by Gasteiger charge is -2.34. The number of pyridine rings is 2. The number of nitrogens with one attached hydrogen (secondary N) is 2. The zero-order chi connectivity index (χ0) is 29.2. The normalized spacial score (nSPS) is 21.0. The molecular weight excluding hydrogens is 564 g/mol. The molecule has 3 aromatic rings. The smallest absolute Gasteiger partial charge is 0.294 e. The van der Waals surface area contributed by atoms with E-state index in [0.29, 0.717) is 50.6 Å². The number of morpholine rings is 1. The van der Waals surface area contributed by atoms with Crippen molar-refractivity contribution in [2.75, 3.05) is 43.5 Å². The molecule has 0 radical (unpaired) electrons. The Bertz CT molecular complexity index is 1510. The molecule has 2 N–H and O–H groups in total. The minimum atomic E-state index is -0.643. The van der Waals surface area contributed by atoms with Crippen LogP contribution >= 0.6 is 11.6 Å². The monoisotopic (exact) mass is 594 g/mol. The van der Waals surface area contributed by atoms with Crippen LogP contribution in [0.1, 0.15) is 59.6 Å². The minimum Gasteiger partial charge on any atom is -0.447 e. The Morgan fingerprint density at radius 1 is 0.976 bits per heavy atom. The summed E-state index contributed by atoms with van der Waals surface area (Å²) in [6, 6.07) is 6.40. The van der Waals surface area contributed by atoms with E-state index in [2.05, 4.69) is 20.6 Å². The molecule has 5 heterocycles. The molecule has 2 saturated heterocycles. The van der Waals surface area contributed by atoms with Crippen LogP contribution in [-0.4, -0.2) is 82.3 Å². The van der Waals surface area contributed by atoms with E-state index in [4.69, 9.17) is 20.8 Å². The van der Waals surface area contributed by atoms with Gasteiger partial charge in [0.25, 0.3) is 11.8 Å². The van der Waals surface area contributed by atoms with Crippen molar-refractivity contribution in [3.63, 3.8) is 0 Å². The number of nitrogens with zero attached hydrogens (tertiary/aromatic N) is 4. The van der Waals surface area contributed by atoms with Crippen molar-refractivity contribution in [1.29, 1.82) is 0 Å². The first-order valence-corrected chi connectivity index (χ1v) is 14.6. The summed E-state index contributed by atoms with van der Waals surface area (Å²) >= 11 is 5.92. The molecule has 1 saturated carbocycles. The zero-order valence-electron chi connectivity index (χ0n) is 22.9. The van der Waals surface area contributed by atoms with Crippen LogP contribution in [0.5, 0.6) is 0 Å². The summed E-state index contributed by atoms with van der Waals surface area (Å²) in [5.74, 6) is -1.22. The van der Waals surface area contributed by atoms with E-state index in [1.807, 2.05) is 4.90 Å². The first-order chi connectivity index (χ1) is 20.4. The molecular formula is C29H31ClN6O6. The summed E-state index contributed by atoms with van der Waals surface area (Å²) in [6.45, 7) is 2.55. The second-order valence-electron chi connectivity index (χ2n) is 10.8. The van der Waals surface area contributed by atoms with Crippen molar-refractivity contribution in [2.24, 2.45) is 5.92 Å². The largest absolute Gasteiger partial charge is 0.447 e. The highest BCUT2D eigenvalue weighted by Crippen LogP contribution is 2.34. The Morgan fingerprint density at radius 2 is 1.76 bits per heavy atom. The Kier molecular flexibility index (Phi) is 8.07. The molecule has 220 valence electrons. The standard InChI is InChI=1S/C29H31ClN6O6/c30-18-5-10-22(31-16-18)33-28(39)26-25(34-27(38)17-3-6-19(7-4-17)36-11-1-2-23(36)37)24-21(42-26)9-8-20(32-24)29(40)35-12-14-41-15-13-35/h5,8-10,16-17,19H,1-4,6-7,11-15H2,(H,34,38)(H,31,33,39). The Balaban J connectivity index is 1.26. The molecule has 0 bridgehead atoms. The van der Waals surface area contributed by atoms with Crippen molar-refractivity contribution in [3.8, 4) is 0 Å². The Morgan fingerprint density at radius 3 is 2.45 bits per heavy atom. The highest BCUT2D eigenvalue weighted by atomic mass is 35.5. The Hall–Kier alpha value is -4.03. The van der Waals surface area contributed by atoms with E-state index in [1.165, 1.54) is 6.20 Å². The molecule has 3 aromatic heterocycles. The number of fused-ring (bicyclic) bond motifs is 1. The van der Waals surface area contributed by atoms with Crippen LogP contribution in [0.15, 0.2) is 34.9 Å². The van der Waals surface area contributed by atoms with E-state index < -0.39 is 5.91 Å². The van der Waals surface area contributed by atoms with Crippen LogP contribution in [0, 0.1) is 5.92 Å². The molecule has 0 unspecified atom stereocenters. The number of ether oxygens (including phenoxy) is 1. The van der Waals surface area contributed by atoms with Crippen molar-refractivity contribution in [2.45, 2.75) is 44.6 Å². The summed E-state index contributed by atoms with van der Waals surface area (Å²) in [6.07, 6.45) is 5.57. The fourth-order valence-corrected chi connectivity index (χ4v) is 5.96. The third-order valence-corrected chi connectivity index (χ3v) is 8.32. The van der Waals surface area contributed by atoms with Gasteiger partial charge in [-0.05, 0) is 56.4 Å². The third-order valence-electron chi connectivity index (χ3n) is 8.09. The van der Waals surface area contributed by atoms with Gasteiger partial charge in [0.05, 0.1) is 18.2 Å². The second kappa shape index (κ2) is 12.1. The van der Waals surface area contributed by atoms with Gasteiger partial charge in [0.15, 0.2) is 5.58 Å². The van der Waals surface area contributed by atoms with Gasteiger partial charge < -0.3 is 29.6 Å². The number of likely N-dealkylation sites (tertiary alicyclic amines) is 1. The first kappa shape index (κ1) is 28.1. The lowest BCUT2D eigenvalue weighted by atomic mass is 9.84. The van der Waals surface area contributed by atoms with Gasteiger partial charge in [0.2, 0.25) is 17.6 Å². The van der Waals surface area contributed by atoms with Gasteiger partial charge in [-0.2, -0.15) is 0 Å². The zero-order valence-corrected chi connectivity index (χ0v) is 23.7. The van der Waals surface area contributed by atoms with Crippen LogP contribution in [-0.2, 0) is 14.3 Å². The fraction of sp³-hybridized carbons (Fsp3) is 0.448. The van der Waals surface area contributed by atoms with Crippen LogP contribution in [0.3, 0.4) is 0 Å².